The lowest BCUT2D eigenvalue weighted by atomic mass is 9.84. The van der Waals surface area contributed by atoms with Crippen molar-refractivity contribution in [2.24, 2.45) is 11.7 Å². The third-order valence-electron chi connectivity index (χ3n) is 4.22. The molecule has 1 aromatic rings. The first-order valence-corrected chi connectivity index (χ1v) is 6.65. The molecule has 1 aromatic carbocycles. The molecule has 1 saturated heterocycles. The Labute approximate surface area is 105 Å². The molecule has 1 aliphatic heterocycles. The van der Waals surface area contributed by atoms with Gasteiger partial charge in [0.25, 0.3) is 0 Å². The molecular weight excluding hydrogens is 208 g/mol. The summed E-state index contributed by atoms with van der Waals surface area (Å²) in [5.41, 5.74) is 7.67. The number of nitrogens with two attached hydrogens (primary N) is 1. The average molecular weight is 232 g/mol. The van der Waals surface area contributed by atoms with Crippen LogP contribution in [0.5, 0.6) is 0 Å². The van der Waals surface area contributed by atoms with Gasteiger partial charge in [0.15, 0.2) is 0 Å². The summed E-state index contributed by atoms with van der Waals surface area (Å²) in [5, 5.41) is 0. The minimum Gasteiger partial charge on any atom is -0.326 e. The summed E-state index contributed by atoms with van der Waals surface area (Å²) >= 11 is 0. The van der Waals surface area contributed by atoms with Crippen LogP contribution < -0.4 is 5.73 Å². The number of likely N-dealkylation sites (tertiary alicyclic amines) is 1. The van der Waals surface area contributed by atoms with Crippen molar-refractivity contribution in [3.05, 3.63) is 35.9 Å². The lowest BCUT2D eigenvalue weighted by Gasteiger charge is -2.45. The van der Waals surface area contributed by atoms with Crippen LogP contribution in [-0.2, 0) is 6.54 Å². The topological polar surface area (TPSA) is 29.3 Å². The highest BCUT2D eigenvalue weighted by Gasteiger charge is 2.34. The maximum absolute atomic E-state index is 6.29. The molecule has 0 spiro atoms. The van der Waals surface area contributed by atoms with Gasteiger partial charge in [-0.05, 0) is 31.7 Å². The van der Waals surface area contributed by atoms with Crippen molar-refractivity contribution in [2.45, 2.75) is 51.9 Å². The average Bonchev–Trinajstić information content (AvgIpc) is 2.33. The summed E-state index contributed by atoms with van der Waals surface area (Å²) < 4.78 is 0. The number of nitrogens with zero attached hydrogens (tertiary/aromatic N) is 1. The van der Waals surface area contributed by atoms with Gasteiger partial charge < -0.3 is 5.73 Å². The second kappa shape index (κ2) is 5.19. The Kier molecular flexibility index (Phi) is 3.85. The van der Waals surface area contributed by atoms with E-state index in [1.165, 1.54) is 12.0 Å². The zero-order valence-corrected chi connectivity index (χ0v) is 11.1. The number of hydrogen-bond acceptors (Lipinski definition) is 2. The van der Waals surface area contributed by atoms with Crippen LogP contribution in [0.3, 0.4) is 0 Å². The molecule has 4 atom stereocenters. The van der Waals surface area contributed by atoms with Gasteiger partial charge in [-0.1, -0.05) is 37.3 Å². The van der Waals surface area contributed by atoms with Gasteiger partial charge in [-0.15, -0.1) is 0 Å². The Balaban J connectivity index is 2.09. The van der Waals surface area contributed by atoms with Gasteiger partial charge >= 0.3 is 0 Å². The van der Waals surface area contributed by atoms with E-state index in [2.05, 4.69) is 56.0 Å². The maximum atomic E-state index is 6.29. The third-order valence-corrected chi connectivity index (χ3v) is 4.22. The summed E-state index contributed by atoms with van der Waals surface area (Å²) in [5.74, 6) is 0.632. The van der Waals surface area contributed by atoms with Gasteiger partial charge in [0.05, 0.1) is 0 Å². The first kappa shape index (κ1) is 12.6. The normalized spacial score (nSPS) is 34.8. The summed E-state index contributed by atoms with van der Waals surface area (Å²) in [6, 6.07) is 12.1. The molecule has 1 heterocycles. The van der Waals surface area contributed by atoms with Crippen molar-refractivity contribution in [1.29, 1.82) is 0 Å². The second-order valence-corrected chi connectivity index (χ2v) is 5.54. The van der Waals surface area contributed by atoms with Crippen LogP contribution in [0.25, 0.3) is 0 Å². The monoisotopic (exact) mass is 232 g/mol. The maximum Gasteiger partial charge on any atom is 0.0240 e. The van der Waals surface area contributed by atoms with E-state index < -0.39 is 0 Å². The molecule has 0 unspecified atom stereocenters. The molecule has 1 fully saturated rings. The second-order valence-electron chi connectivity index (χ2n) is 5.54. The van der Waals surface area contributed by atoms with Crippen LogP contribution in [0.15, 0.2) is 30.3 Å². The molecule has 0 saturated carbocycles. The molecule has 2 rings (SSSR count). The molecule has 94 valence electrons. The van der Waals surface area contributed by atoms with Crippen LogP contribution in [0.2, 0.25) is 0 Å². The smallest absolute Gasteiger partial charge is 0.0240 e. The highest BCUT2D eigenvalue weighted by Crippen LogP contribution is 2.28. The molecule has 0 aromatic heterocycles. The predicted octanol–water partition coefficient (Wildman–Crippen LogP) is 2.63. The van der Waals surface area contributed by atoms with Crippen LogP contribution in [0.1, 0.15) is 32.8 Å². The lowest BCUT2D eigenvalue weighted by Crippen LogP contribution is -2.57. The van der Waals surface area contributed by atoms with Crippen molar-refractivity contribution in [1.82, 2.24) is 4.90 Å². The van der Waals surface area contributed by atoms with Gasteiger partial charge in [0.1, 0.15) is 0 Å². The van der Waals surface area contributed by atoms with Crippen molar-refractivity contribution in [2.75, 3.05) is 0 Å². The van der Waals surface area contributed by atoms with Gasteiger partial charge in [-0.25, -0.2) is 0 Å². The molecule has 0 radical (unpaired) electrons. The van der Waals surface area contributed by atoms with Crippen molar-refractivity contribution < 1.29 is 0 Å². The highest BCUT2D eigenvalue weighted by molar-refractivity contribution is 5.15. The van der Waals surface area contributed by atoms with E-state index in [4.69, 9.17) is 5.73 Å². The first-order chi connectivity index (χ1) is 8.09. The molecule has 0 amide bonds. The van der Waals surface area contributed by atoms with Gasteiger partial charge in [0.2, 0.25) is 0 Å². The fourth-order valence-corrected chi connectivity index (χ4v) is 3.02. The third kappa shape index (κ3) is 2.70. The number of benzene rings is 1. The summed E-state index contributed by atoms with van der Waals surface area (Å²) in [6.07, 6.45) is 1.21. The Morgan fingerprint density at radius 2 is 1.82 bits per heavy atom. The quantitative estimate of drug-likeness (QED) is 0.849. The number of hydrogen-bond donors (Lipinski definition) is 1. The minimum atomic E-state index is 0.301. The van der Waals surface area contributed by atoms with Crippen molar-refractivity contribution >= 4 is 0 Å². The van der Waals surface area contributed by atoms with Crippen LogP contribution in [0, 0.1) is 5.92 Å². The van der Waals surface area contributed by atoms with E-state index in [1.54, 1.807) is 0 Å². The molecule has 0 bridgehead atoms. The van der Waals surface area contributed by atoms with Crippen LogP contribution >= 0.6 is 0 Å². The number of piperidine rings is 1. The van der Waals surface area contributed by atoms with Crippen LogP contribution in [-0.4, -0.2) is 23.0 Å². The molecule has 1 aliphatic rings. The zero-order chi connectivity index (χ0) is 12.4. The highest BCUT2D eigenvalue weighted by atomic mass is 15.2. The van der Waals surface area contributed by atoms with Crippen molar-refractivity contribution in [3.63, 3.8) is 0 Å². The Bertz CT molecular complexity index is 349. The Hall–Kier alpha value is -0.860. The fraction of sp³-hybridized carbons (Fsp3) is 0.600. The predicted molar refractivity (Wildman–Crippen MR) is 72.7 cm³/mol. The standard InChI is InChI=1S/C15H24N2/c1-11-9-12(2)17(13(3)15(11)16)10-14-7-5-4-6-8-14/h4-8,11-13,15H,9-10,16H2,1-3H3/t11-,12+,13+,15-/m1/s1. The summed E-state index contributed by atoms with van der Waals surface area (Å²) in [6.45, 7) is 7.88. The van der Waals surface area contributed by atoms with E-state index in [0.29, 0.717) is 24.0 Å². The van der Waals surface area contributed by atoms with E-state index >= 15 is 0 Å². The zero-order valence-electron chi connectivity index (χ0n) is 11.1. The number of rotatable bonds is 2. The molecular formula is C15H24N2. The van der Waals surface area contributed by atoms with E-state index in [-0.39, 0.29) is 0 Å². The van der Waals surface area contributed by atoms with Crippen molar-refractivity contribution in [3.8, 4) is 0 Å². The van der Waals surface area contributed by atoms with E-state index in [0.717, 1.165) is 6.54 Å². The van der Waals surface area contributed by atoms with Gasteiger partial charge in [-0.2, -0.15) is 0 Å². The van der Waals surface area contributed by atoms with Gasteiger partial charge in [0, 0.05) is 24.7 Å². The van der Waals surface area contributed by atoms with Crippen LogP contribution in [0.4, 0.5) is 0 Å². The molecule has 17 heavy (non-hydrogen) atoms. The molecule has 2 N–H and O–H groups in total. The molecule has 2 nitrogen and oxygen atoms in total. The lowest BCUT2D eigenvalue weighted by molar-refractivity contribution is 0.0500. The summed E-state index contributed by atoms with van der Waals surface area (Å²) in [7, 11) is 0. The largest absolute Gasteiger partial charge is 0.326 e. The minimum absolute atomic E-state index is 0.301. The Morgan fingerprint density at radius 1 is 1.18 bits per heavy atom. The Morgan fingerprint density at radius 3 is 2.47 bits per heavy atom. The fourth-order valence-electron chi connectivity index (χ4n) is 3.02. The van der Waals surface area contributed by atoms with E-state index in [9.17, 15) is 0 Å². The van der Waals surface area contributed by atoms with Gasteiger partial charge in [-0.3, -0.25) is 4.90 Å². The SMILES string of the molecule is C[C@@H]1C[C@H](C)N(Cc2ccccc2)[C@@H](C)[C@@H]1N. The molecule has 2 heteroatoms. The summed E-state index contributed by atoms with van der Waals surface area (Å²) in [4.78, 5) is 2.54. The van der Waals surface area contributed by atoms with E-state index in [1.807, 2.05) is 0 Å². The molecule has 0 aliphatic carbocycles. The first-order valence-electron chi connectivity index (χ1n) is 6.65.